The van der Waals surface area contributed by atoms with Crippen LogP contribution in [-0.4, -0.2) is 33.3 Å². The van der Waals surface area contributed by atoms with E-state index >= 15 is 0 Å². The Morgan fingerprint density at radius 3 is 2.67 bits per heavy atom. The van der Waals surface area contributed by atoms with E-state index in [1.807, 2.05) is 6.92 Å². The van der Waals surface area contributed by atoms with Gasteiger partial charge in [-0.2, -0.15) is 0 Å². The van der Waals surface area contributed by atoms with Crippen molar-refractivity contribution < 1.29 is 19.9 Å². The first-order valence-electron chi connectivity index (χ1n) is 4.88. The summed E-state index contributed by atoms with van der Waals surface area (Å²) in [6.07, 6.45) is 0.213. The van der Waals surface area contributed by atoms with Gasteiger partial charge in [-0.25, -0.2) is 0 Å². The number of aliphatic carboxylic acids is 1. The SMILES string of the molecule is CC1CC(O)(CC(=O)O)CC1C[N+](=O)[O-]. The highest BCUT2D eigenvalue weighted by molar-refractivity contribution is 5.68. The molecule has 6 nitrogen and oxygen atoms in total. The topological polar surface area (TPSA) is 101 Å². The Hall–Kier alpha value is -1.17. The van der Waals surface area contributed by atoms with Crippen molar-refractivity contribution in [3.63, 3.8) is 0 Å². The smallest absolute Gasteiger partial charge is 0.306 e. The van der Waals surface area contributed by atoms with Crippen LogP contribution in [0.4, 0.5) is 0 Å². The first kappa shape index (κ1) is 11.9. The van der Waals surface area contributed by atoms with Crippen LogP contribution in [-0.2, 0) is 4.79 Å². The van der Waals surface area contributed by atoms with Gasteiger partial charge in [0.05, 0.1) is 12.0 Å². The number of rotatable bonds is 4. The molecule has 86 valence electrons. The van der Waals surface area contributed by atoms with Crippen molar-refractivity contribution in [1.82, 2.24) is 0 Å². The fourth-order valence-corrected chi connectivity index (χ4v) is 2.40. The maximum Gasteiger partial charge on any atom is 0.306 e. The Balaban J connectivity index is 2.61. The lowest BCUT2D eigenvalue weighted by Gasteiger charge is -2.19. The third-order valence-corrected chi connectivity index (χ3v) is 3.01. The molecule has 0 aliphatic heterocycles. The highest BCUT2D eigenvalue weighted by Crippen LogP contribution is 2.41. The lowest BCUT2D eigenvalue weighted by atomic mass is 9.96. The van der Waals surface area contributed by atoms with Gasteiger partial charge in [0.2, 0.25) is 6.54 Å². The Morgan fingerprint density at radius 2 is 2.20 bits per heavy atom. The summed E-state index contributed by atoms with van der Waals surface area (Å²) >= 11 is 0. The number of carbonyl (C=O) groups is 1. The van der Waals surface area contributed by atoms with Crippen molar-refractivity contribution >= 4 is 5.97 Å². The first-order valence-corrected chi connectivity index (χ1v) is 4.88. The molecule has 6 heteroatoms. The summed E-state index contributed by atoms with van der Waals surface area (Å²) in [5.41, 5.74) is -1.26. The molecule has 3 unspecified atom stereocenters. The van der Waals surface area contributed by atoms with Gasteiger partial charge in [0.25, 0.3) is 0 Å². The van der Waals surface area contributed by atoms with E-state index < -0.39 is 16.5 Å². The lowest BCUT2D eigenvalue weighted by Crippen LogP contribution is -2.29. The number of carboxylic acids is 1. The number of aliphatic hydroxyl groups is 1. The Morgan fingerprint density at radius 1 is 1.60 bits per heavy atom. The maximum atomic E-state index is 10.5. The standard InChI is InChI=1S/C9H15NO5/c1-6-2-9(13,4-8(11)12)3-7(6)5-10(14)15/h6-7,13H,2-5H2,1H3,(H,11,12). The minimum absolute atomic E-state index is 0.000231. The molecule has 0 saturated heterocycles. The molecule has 0 aromatic rings. The van der Waals surface area contributed by atoms with E-state index in [0.29, 0.717) is 6.42 Å². The molecule has 1 saturated carbocycles. The summed E-state index contributed by atoms with van der Waals surface area (Å²) in [6.45, 7) is 1.62. The third kappa shape index (κ3) is 3.16. The molecule has 0 heterocycles. The van der Waals surface area contributed by atoms with E-state index in [-0.39, 0.29) is 31.2 Å². The summed E-state index contributed by atoms with van der Waals surface area (Å²) in [7, 11) is 0. The normalized spacial score (nSPS) is 35.3. The fourth-order valence-electron chi connectivity index (χ4n) is 2.40. The molecule has 1 rings (SSSR count). The molecular weight excluding hydrogens is 202 g/mol. The molecule has 1 aliphatic rings. The lowest BCUT2D eigenvalue weighted by molar-refractivity contribution is -0.489. The average Bonchev–Trinajstić information content (AvgIpc) is 2.22. The van der Waals surface area contributed by atoms with Crippen LogP contribution in [0, 0.1) is 22.0 Å². The number of nitro groups is 1. The molecule has 3 atom stereocenters. The minimum atomic E-state index is -1.26. The van der Waals surface area contributed by atoms with Crippen LogP contribution in [0.5, 0.6) is 0 Å². The molecule has 0 aromatic carbocycles. The first-order chi connectivity index (χ1) is 6.82. The van der Waals surface area contributed by atoms with Gasteiger partial charge < -0.3 is 10.2 Å². The molecule has 15 heavy (non-hydrogen) atoms. The van der Waals surface area contributed by atoms with E-state index in [4.69, 9.17) is 5.11 Å². The van der Waals surface area contributed by atoms with Gasteiger partial charge in [-0.15, -0.1) is 0 Å². The summed E-state index contributed by atoms with van der Waals surface area (Å²) in [5.74, 6) is -1.28. The molecule has 0 spiro atoms. The second-order valence-electron chi connectivity index (χ2n) is 4.46. The summed E-state index contributed by atoms with van der Waals surface area (Å²) < 4.78 is 0. The molecule has 0 bridgehead atoms. The predicted molar refractivity (Wildman–Crippen MR) is 51.0 cm³/mol. The van der Waals surface area contributed by atoms with Crippen LogP contribution in [0.1, 0.15) is 26.2 Å². The van der Waals surface area contributed by atoms with Gasteiger partial charge in [-0.05, 0) is 18.8 Å². The van der Waals surface area contributed by atoms with Gasteiger partial charge in [0.1, 0.15) is 0 Å². The van der Waals surface area contributed by atoms with Gasteiger partial charge in [-0.3, -0.25) is 14.9 Å². The fraction of sp³-hybridized carbons (Fsp3) is 0.889. The van der Waals surface area contributed by atoms with E-state index in [9.17, 15) is 20.0 Å². The van der Waals surface area contributed by atoms with Crippen LogP contribution in [0.3, 0.4) is 0 Å². The molecule has 2 N–H and O–H groups in total. The monoisotopic (exact) mass is 217 g/mol. The summed E-state index contributed by atoms with van der Waals surface area (Å²) in [6, 6.07) is 0. The molecular formula is C9H15NO5. The van der Waals surface area contributed by atoms with Crippen molar-refractivity contribution in [2.75, 3.05) is 6.54 Å². The minimum Gasteiger partial charge on any atom is -0.481 e. The Labute approximate surface area is 87.1 Å². The van der Waals surface area contributed by atoms with Crippen molar-refractivity contribution in [2.45, 2.75) is 31.8 Å². The van der Waals surface area contributed by atoms with E-state index in [2.05, 4.69) is 0 Å². The number of carboxylic acid groups (broad SMARTS) is 1. The van der Waals surface area contributed by atoms with E-state index in [0.717, 1.165) is 0 Å². The highest BCUT2D eigenvalue weighted by Gasteiger charge is 2.45. The Bertz CT molecular complexity index is 280. The molecule has 0 aromatic heterocycles. The number of nitrogens with zero attached hydrogens (tertiary/aromatic N) is 1. The number of hydrogen-bond acceptors (Lipinski definition) is 4. The van der Waals surface area contributed by atoms with E-state index in [1.54, 1.807) is 0 Å². The van der Waals surface area contributed by atoms with E-state index in [1.165, 1.54) is 0 Å². The Kier molecular flexibility index (Phi) is 3.28. The zero-order valence-corrected chi connectivity index (χ0v) is 8.55. The average molecular weight is 217 g/mol. The third-order valence-electron chi connectivity index (χ3n) is 3.01. The van der Waals surface area contributed by atoms with Gasteiger partial charge in [0.15, 0.2) is 0 Å². The number of hydrogen-bond donors (Lipinski definition) is 2. The highest BCUT2D eigenvalue weighted by atomic mass is 16.6. The largest absolute Gasteiger partial charge is 0.481 e. The zero-order valence-electron chi connectivity index (χ0n) is 8.55. The van der Waals surface area contributed by atoms with Crippen LogP contribution >= 0.6 is 0 Å². The van der Waals surface area contributed by atoms with Gasteiger partial charge >= 0.3 is 5.97 Å². The quantitative estimate of drug-likeness (QED) is 0.528. The molecule has 0 radical (unpaired) electrons. The zero-order chi connectivity index (χ0) is 11.6. The molecule has 1 fully saturated rings. The van der Waals surface area contributed by atoms with Gasteiger partial charge in [0, 0.05) is 10.8 Å². The second kappa shape index (κ2) is 4.14. The van der Waals surface area contributed by atoms with Crippen molar-refractivity contribution in [3.8, 4) is 0 Å². The molecule has 0 amide bonds. The van der Waals surface area contributed by atoms with Crippen molar-refractivity contribution in [2.24, 2.45) is 11.8 Å². The van der Waals surface area contributed by atoms with Crippen molar-refractivity contribution in [3.05, 3.63) is 10.1 Å². The van der Waals surface area contributed by atoms with Crippen molar-refractivity contribution in [1.29, 1.82) is 0 Å². The van der Waals surface area contributed by atoms with Gasteiger partial charge in [-0.1, -0.05) is 6.92 Å². The predicted octanol–water partition coefficient (Wildman–Crippen LogP) is 0.515. The maximum absolute atomic E-state index is 10.5. The van der Waals surface area contributed by atoms with Crippen LogP contribution < -0.4 is 0 Å². The second-order valence-corrected chi connectivity index (χ2v) is 4.46. The van der Waals surface area contributed by atoms with Crippen LogP contribution in [0.15, 0.2) is 0 Å². The van der Waals surface area contributed by atoms with Crippen LogP contribution in [0.25, 0.3) is 0 Å². The summed E-state index contributed by atoms with van der Waals surface area (Å²) in [4.78, 5) is 20.4. The van der Waals surface area contributed by atoms with Crippen LogP contribution in [0.2, 0.25) is 0 Å². The molecule has 1 aliphatic carbocycles. The summed E-state index contributed by atoms with van der Waals surface area (Å²) in [5, 5.41) is 28.9.